The zero-order valence-electron chi connectivity index (χ0n) is 9.40. The molecule has 1 unspecified atom stereocenters. The number of likely N-dealkylation sites (N-methyl/N-ethyl adjacent to an activating group) is 1. The summed E-state index contributed by atoms with van der Waals surface area (Å²) < 4.78 is 12.7. The van der Waals surface area contributed by atoms with Crippen molar-refractivity contribution in [2.75, 3.05) is 7.05 Å². The van der Waals surface area contributed by atoms with Crippen LogP contribution in [0, 0.1) is 5.82 Å². The summed E-state index contributed by atoms with van der Waals surface area (Å²) in [5.74, 6) is 4.54. The van der Waals surface area contributed by atoms with Crippen molar-refractivity contribution in [2.24, 2.45) is 5.84 Å². The number of carbonyl (C=O) groups excluding carboxylic acids is 1. The molecule has 0 aromatic heterocycles. The molecule has 0 saturated heterocycles. The lowest BCUT2D eigenvalue weighted by molar-refractivity contribution is -0.125. The van der Waals surface area contributed by atoms with Crippen LogP contribution in [0.25, 0.3) is 0 Å². The third kappa shape index (κ3) is 3.29. The molecule has 1 atom stereocenters. The molecule has 5 heteroatoms. The number of hydrogen-bond donors (Lipinski definition) is 2. The Morgan fingerprint density at radius 2 is 2.06 bits per heavy atom. The predicted octanol–water partition coefficient (Wildman–Crippen LogP) is 0.636. The van der Waals surface area contributed by atoms with Crippen molar-refractivity contribution < 1.29 is 9.18 Å². The number of hydrazine groups is 1. The normalized spacial score (nSPS) is 12.6. The third-order valence-electron chi connectivity index (χ3n) is 2.53. The van der Waals surface area contributed by atoms with E-state index in [0.717, 1.165) is 5.56 Å². The summed E-state index contributed by atoms with van der Waals surface area (Å²) >= 11 is 0. The van der Waals surface area contributed by atoms with Gasteiger partial charge in [-0.15, -0.1) is 0 Å². The van der Waals surface area contributed by atoms with Crippen LogP contribution in [0.5, 0.6) is 0 Å². The highest BCUT2D eigenvalue weighted by Gasteiger charge is 2.16. The first-order valence-corrected chi connectivity index (χ1v) is 4.99. The number of halogens is 1. The molecular weight excluding hydrogens is 209 g/mol. The Morgan fingerprint density at radius 3 is 2.56 bits per heavy atom. The number of carbonyl (C=O) groups is 1. The van der Waals surface area contributed by atoms with Gasteiger partial charge in [0.25, 0.3) is 5.91 Å². The van der Waals surface area contributed by atoms with Crippen LogP contribution in [0.4, 0.5) is 4.39 Å². The van der Waals surface area contributed by atoms with Crippen LogP contribution in [0.3, 0.4) is 0 Å². The summed E-state index contributed by atoms with van der Waals surface area (Å²) in [4.78, 5) is 13.1. The molecule has 4 nitrogen and oxygen atoms in total. The summed E-state index contributed by atoms with van der Waals surface area (Å²) in [6.45, 7) is 2.32. The van der Waals surface area contributed by atoms with Gasteiger partial charge >= 0.3 is 0 Å². The second kappa shape index (κ2) is 5.58. The van der Waals surface area contributed by atoms with Gasteiger partial charge in [0.15, 0.2) is 0 Å². The maximum atomic E-state index is 12.7. The molecule has 0 aliphatic rings. The van der Waals surface area contributed by atoms with E-state index >= 15 is 0 Å². The van der Waals surface area contributed by atoms with Gasteiger partial charge in [-0.3, -0.25) is 15.1 Å². The SMILES string of the molecule is CC(C(=O)NN)N(C)Cc1ccc(F)cc1. The topological polar surface area (TPSA) is 58.4 Å². The molecule has 16 heavy (non-hydrogen) atoms. The fourth-order valence-electron chi connectivity index (χ4n) is 1.34. The number of benzene rings is 1. The highest BCUT2D eigenvalue weighted by atomic mass is 19.1. The van der Waals surface area contributed by atoms with Gasteiger partial charge in [-0.25, -0.2) is 10.2 Å². The molecule has 1 aromatic rings. The molecule has 1 aromatic carbocycles. The summed E-state index contributed by atoms with van der Waals surface area (Å²) in [7, 11) is 1.81. The Kier molecular flexibility index (Phi) is 4.39. The maximum Gasteiger partial charge on any atom is 0.250 e. The lowest BCUT2D eigenvalue weighted by atomic mass is 10.2. The first kappa shape index (κ1) is 12.6. The number of rotatable bonds is 4. The summed E-state index contributed by atoms with van der Waals surface area (Å²) in [6, 6.07) is 5.86. The van der Waals surface area contributed by atoms with Crippen LogP contribution < -0.4 is 11.3 Å². The monoisotopic (exact) mass is 225 g/mol. The van der Waals surface area contributed by atoms with E-state index in [1.165, 1.54) is 12.1 Å². The number of nitrogens with zero attached hydrogens (tertiary/aromatic N) is 1. The van der Waals surface area contributed by atoms with Crippen LogP contribution in [0.15, 0.2) is 24.3 Å². The molecule has 0 radical (unpaired) electrons. The van der Waals surface area contributed by atoms with Crippen LogP contribution in [-0.4, -0.2) is 23.9 Å². The Morgan fingerprint density at radius 1 is 1.50 bits per heavy atom. The molecular formula is C11H16FN3O. The van der Waals surface area contributed by atoms with Crippen molar-refractivity contribution in [3.8, 4) is 0 Å². The van der Waals surface area contributed by atoms with Crippen LogP contribution >= 0.6 is 0 Å². The van der Waals surface area contributed by atoms with Gasteiger partial charge in [-0.1, -0.05) is 12.1 Å². The Labute approximate surface area is 94.2 Å². The molecule has 0 heterocycles. The minimum atomic E-state index is -0.324. The van der Waals surface area contributed by atoms with Gasteiger partial charge < -0.3 is 0 Å². The second-order valence-electron chi connectivity index (χ2n) is 3.73. The molecule has 0 aliphatic carbocycles. The van der Waals surface area contributed by atoms with Crippen molar-refractivity contribution in [2.45, 2.75) is 19.5 Å². The molecule has 0 fully saturated rings. The smallest absolute Gasteiger partial charge is 0.250 e. The molecule has 0 saturated carbocycles. The van der Waals surface area contributed by atoms with E-state index in [9.17, 15) is 9.18 Å². The average molecular weight is 225 g/mol. The quantitative estimate of drug-likeness (QED) is 0.449. The molecule has 0 aliphatic heterocycles. The molecule has 88 valence electrons. The molecule has 3 N–H and O–H groups in total. The minimum absolute atomic E-state index is 0.246. The average Bonchev–Trinajstić information content (AvgIpc) is 2.30. The van der Waals surface area contributed by atoms with E-state index in [1.807, 2.05) is 11.9 Å². The van der Waals surface area contributed by atoms with Crippen LogP contribution in [0.2, 0.25) is 0 Å². The number of amides is 1. The van der Waals surface area contributed by atoms with Gasteiger partial charge in [-0.05, 0) is 31.7 Å². The molecule has 0 spiro atoms. The van der Waals surface area contributed by atoms with Crippen molar-refractivity contribution in [1.29, 1.82) is 0 Å². The second-order valence-corrected chi connectivity index (χ2v) is 3.73. The Bertz CT molecular complexity index is 353. The van der Waals surface area contributed by atoms with E-state index in [2.05, 4.69) is 5.43 Å². The minimum Gasteiger partial charge on any atom is -0.293 e. The van der Waals surface area contributed by atoms with Gasteiger partial charge in [0.2, 0.25) is 0 Å². The van der Waals surface area contributed by atoms with E-state index in [-0.39, 0.29) is 17.8 Å². The first-order valence-electron chi connectivity index (χ1n) is 4.99. The third-order valence-corrected chi connectivity index (χ3v) is 2.53. The molecule has 1 amide bonds. The molecule has 0 bridgehead atoms. The highest BCUT2D eigenvalue weighted by molar-refractivity contribution is 5.80. The summed E-state index contributed by atoms with van der Waals surface area (Å²) in [5.41, 5.74) is 3.04. The summed E-state index contributed by atoms with van der Waals surface area (Å²) in [5, 5.41) is 0. The Hall–Kier alpha value is -1.46. The van der Waals surface area contributed by atoms with E-state index in [4.69, 9.17) is 5.84 Å². The van der Waals surface area contributed by atoms with Gasteiger partial charge in [0.05, 0.1) is 6.04 Å². The van der Waals surface area contributed by atoms with Crippen molar-refractivity contribution in [3.05, 3.63) is 35.6 Å². The number of nitrogens with two attached hydrogens (primary N) is 1. The van der Waals surface area contributed by atoms with Gasteiger partial charge in [0.1, 0.15) is 5.82 Å². The van der Waals surface area contributed by atoms with Gasteiger partial charge in [0, 0.05) is 6.54 Å². The lowest BCUT2D eigenvalue weighted by Crippen LogP contribution is -2.45. The lowest BCUT2D eigenvalue weighted by Gasteiger charge is -2.22. The van der Waals surface area contributed by atoms with Crippen molar-refractivity contribution in [3.63, 3.8) is 0 Å². The van der Waals surface area contributed by atoms with Crippen LogP contribution in [0.1, 0.15) is 12.5 Å². The highest BCUT2D eigenvalue weighted by Crippen LogP contribution is 2.07. The largest absolute Gasteiger partial charge is 0.293 e. The standard InChI is InChI=1S/C11H16FN3O/c1-8(11(16)14-13)15(2)7-9-3-5-10(12)6-4-9/h3-6,8H,7,13H2,1-2H3,(H,14,16). The molecule has 1 rings (SSSR count). The number of hydrogen-bond acceptors (Lipinski definition) is 3. The number of nitrogens with one attached hydrogen (secondary N) is 1. The van der Waals surface area contributed by atoms with Crippen LogP contribution in [-0.2, 0) is 11.3 Å². The van der Waals surface area contributed by atoms with E-state index in [1.54, 1.807) is 19.1 Å². The fourth-order valence-corrected chi connectivity index (χ4v) is 1.34. The maximum absolute atomic E-state index is 12.7. The summed E-state index contributed by atoms with van der Waals surface area (Å²) in [6.07, 6.45) is 0. The first-order chi connectivity index (χ1) is 7.54. The van der Waals surface area contributed by atoms with Crippen molar-refractivity contribution >= 4 is 5.91 Å². The predicted molar refractivity (Wildman–Crippen MR) is 59.7 cm³/mol. The zero-order chi connectivity index (χ0) is 12.1. The van der Waals surface area contributed by atoms with E-state index < -0.39 is 0 Å². The van der Waals surface area contributed by atoms with Crippen molar-refractivity contribution in [1.82, 2.24) is 10.3 Å². The zero-order valence-corrected chi connectivity index (χ0v) is 9.40. The Balaban J connectivity index is 2.60. The van der Waals surface area contributed by atoms with E-state index in [0.29, 0.717) is 6.54 Å². The fraction of sp³-hybridized carbons (Fsp3) is 0.364. The van der Waals surface area contributed by atoms with Gasteiger partial charge in [-0.2, -0.15) is 0 Å².